The SMILES string of the molecule is COc1ccc(C(=O)CSc2nnc(CSCc3cccc4ccccc34)n2-c2ccccc2)cc1. The van der Waals surface area contributed by atoms with Crippen LogP contribution in [-0.4, -0.2) is 33.4 Å². The normalized spacial score (nSPS) is 11.0. The van der Waals surface area contributed by atoms with E-state index in [0.29, 0.717) is 16.5 Å². The first-order valence-electron chi connectivity index (χ1n) is 11.6. The Labute approximate surface area is 218 Å². The summed E-state index contributed by atoms with van der Waals surface area (Å²) in [6.45, 7) is 0. The topological polar surface area (TPSA) is 57.0 Å². The third-order valence-electron chi connectivity index (χ3n) is 5.83. The van der Waals surface area contributed by atoms with Gasteiger partial charge < -0.3 is 4.74 Å². The Bertz CT molecular complexity index is 1460. The lowest BCUT2D eigenvalue weighted by atomic mass is 10.1. The average Bonchev–Trinajstić information content (AvgIpc) is 3.35. The predicted molar refractivity (Wildman–Crippen MR) is 148 cm³/mol. The summed E-state index contributed by atoms with van der Waals surface area (Å²) in [5, 5.41) is 12.2. The third kappa shape index (κ3) is 5.48. The molecule has 0 N–H and O–H groups in total. The summed E-state index contributed by atoms with van der Waals surface area (Å²) in [5.74, 6) is 3.50. The van der Waals surface area contributed by atoms with Crippen LogP contribution in [-0.2, 0) is 11.5 Å². The highest BCUT2D eigenvalue weighted by Crippen LogP contribution is 2.28. The highest BCUT2D eigenvalue weighted by molar-refractivity contribution is 7.99. The lowest BCUT2D eigenvalue weighted by Gasteiger charge is -2.11. The van der Waals surface area contributed by atoms with Crippen molar-refractivity contribution in [2.45, 2.75) is 16.7 Å². The van der Waals surface area contributed by atoms with E-state index >= 15 is 0 Å². The zero-order valence-corrected chi connectivity index (χ0v) is 21.5. The number of hydrogen-bond acceptors (Lipinski definition) is 6. The molecule has 5 aromatic rings. The molecule has 1 heterocycles. The van der Waals surface area contributed by atoms with Crippen molar-refractivity contribution >= 4 is 40.1 Å². The Hall–Kier alpha value is -3.55. The molecular formula is C29H25N3O2S2. The van der Waals surface area contributed by atoms with Gasteiger partial charge in [-0.25, -0.2) is 0 Å². The summed E-state index contributed by atoms with van der Waals surface area (Å²) < 4.78 is 7.24. The highest BCUT2D eigenvalue weighted by atomic mass is 32.2. The van der Waals surface area contributed by atoms with Crippen LogP contribution < -0.4 is 4.74 Å². The van der Waals surface area contributed by atoms with Gasteiger partial charge in [0.15, 0.2) is 10.9 Å². The van der Waals surface area contributed by atoms with E-state index in [2.05, 4.69) is 57.2 Å². The Morgan fingerprint density at radius 3 is 2.39 bits per heavy atom. The zero-order chi connectivity index (χ0) is 24.7. The van der Waals surface area contributed by atoms with Crippen molar-refractivity contribution < 1.29 is 9.53 Å². The molecule has 0 aliphatic heterocycles. The van der Waals surface area contributed by atoms with Crippen LogP contribution in [0.4, 0.5) is 0 Å². The molecule has 0 saturated heterocycles. The molecule has 36 heavy (non-hydrogen) atoms. The second-order valence-electron chi connectivity index (χ2n) is 8.14. The molecule has 5 nitrogen and oxygen atoms in total. The van der Waals surface area contributed by atoms with Gasteiger partial charge in [-0.3, -0.25) is 9.36 Å². The van der Waals surface area contributed by atoms with Crippen molar-refractivity contribution in [2.24, 2.45) is 0 Å². The summed E-state index contributed by atoms with van der Waals surface area (Å²) in [6.07, 6.45) is 0. The molecule has 0 atom stereocenters. The van der Waals surface area contributed by atoms with Crippen molar-refractivity contribution in [3.05, 3.63) is 114 Å². The van der Waals surface area contributed by atoms with Gasteiger partial charge in [0, 0.05) is 17.0 Å². The van der Waals surface area contributed by atoms with E-state index in [-0.39, 0.29) is 11.5 Å². The first-order valence-corrected chi connectivity index (χ1v) is 13.7. The summed E-state index contributed by atoms with van der Waals surface area (Å²) in [6, 6.07) is 32.2. The Morgan fingerprint density at radius 1 is 0.833 bits per heavy atom. The monoisotopic (exact) mass is 511 g/mol. The Kier molecular flexibility index (Phi) is 7.69. The van der Waals surface area contributed by atoms with Crippen molar-refractivity contribution in [1.29, 1.82) is 0 Å². The van der Waals surface area contributed by atoms with Gasteiger partial charge in [0.1, 0.15) is 11.6 Å². The van der Waals surface area contributed by atoms with Gasteiger partial charge in [0.2, 0.25) is 0 Å². The Morgan fingerprint density at radius 2 is 1.58 bits per heavy atom. The first kappa shape index (κ1) is 24.2. The molecule has 4 aromatic carbocycles. The van der Waals surface area contributed by atoms with Crippen LogP contribution in [0, 0.1) is 0 Å². The second-order valence-corrected chi connectivity index (χ2v) is 10.1. The molecule has 0 aliphatic rings. The number of methoxy groups -OCH3 is 1. The molecule has 0 saturated carbocycles. The molecular weight excluding hydrogens is 486 g/mol. The quantitative estimate of drug-likeness (QED) is 0.151. The summed E-state index contributed by atoms with van der Waals surface area (Å²) in [5.41, 5.74) is 2.95. The number of hydrogen-bond donors (Lipinski definition) is 0. The largest absolute Gasteiger partial charge is 0.497 e. The van der Waals surface area contributed by atoms with Gasteiger partial charge in [-0.05, 0) is 52.7 Å². The molecule has 7 heteroatoms. The number of aromatic nitrogens is 3. The summed E-state index contributed by atoms with van der Waals surface area (Å²) in [4.78, 5) is 12.8. The number of rotatable bonds is 10. The highest BCUT2D eigenvalue weighted by Gasteiger charge is 2.17. The van der Waals surface area contributed by atoms with Crippen molar-refractivity contribution in [2.75, 3.05) is 12.9 Å². The minimum atomic E-state index is 0.0390. The molecule has 0 spiro atoms. The van der Waals surface area contributed by atoms with Gasteiger partial charge in [-0.1, -0.05) is 72.4 Å². The molecule has 180 valence electrons. The van der Waals surface area contributed by atoms with E-state index in [1.54, 1.807) is 31.4 Å². The number of carbonyl (C=O) groups excluding carboxylic acids is 1. The number of para-hydroxylation sites is 1. The smallest absolute Gasteiger partial charge is 0.196 e. The van der Waals surface area contributed by atoms with Gasteiger partial charge in [0.25, 0.3) is 0 Å². The number of ketones is 1. The fourth-order valence-electron chi connectivity index (χ4n) is 3.98. The summed E-state index contributed by atoms with van der Waals surface area (Å²) in [7, 11) is 1.61. The van der Waals surface area contributed by atoms with Gasteiger partial charge in [-0.15, -0.1) is 22.0 Å². The minimum absolute atomic E-state index is 0.0390. The van der Waals surface area contributed by atoms with Crippen LogP contribution >= 0.6 is 23.5 Å². The second kappa shape index (κ2) is 11.5. The maximum Gasteiger partial charge on any atom is 0.196 e. The van der Waals surface area contributed by atoms with Crippen LogP contribution in [0.15, 0.2) is 102 Å². The van der Waals surface area contributed by atoms with Gasteiger partial charge in [-0.2, -0.15) is 0 Å². The molecule has 0 fully saturated rings. The first-order chi connectivity index (χ1) is 17.7. The van der Waals surface area contributed by atoms with Crippen molar-refractivity contribution in [1.82, 2.24) is 14.8 Å². The lowest BCUT2D eigenvalue weighted by Crippen LogP contribution is -2.06. The number of thioether (sulfide) groups is 2. The number of nitrogens with zero attached hydrogens (tertiary/aromatic N) is 3. The molecule has 5 rings (SSSR count). The molecule has 0 radical (unpaired) electrons. The number of fused-ring (bicyclic) bond motifs is 1. The van der Waals surface area contributed by atoms with E-state index < -0.39 is 0 Å². The molecule has 0 amide bonds. The molecule has 0 aliphatic carbocycles. The molecule has 0 bridgehead atoms. The van der Waals surface area contributed by atoms with Gasteiger partial charge >= 0.3 is 0 Å². The van der Waals surface area contributed by atoms with Crippen LogP contribution in [0.1, 0.15) is 21.7 Å². The number of carbonyl (C=O) groups is 1. The number of Topliss-reactive ketones (excluding diaryl/α,β-unsaturated/α-hetero) is 1. The number of ether oxygens (including phenoxy) is 1. The molecule has 0 unspecified atom stereocenters. The maximum absolute atomic E-state index is 12.8. The van der Waals surface area contributed by atoms with E-state index in [4.69, 9.17) is 4.74 Å². The van der Waals surface area contributed by atoms with E-state index in [0.717, 1.165) is 23.0 Å². The summed E-state index contributed by atoms with van der Waals surface area (Å²) >= 11 is 3.22. The molecule has 1 aromatic heterocycles. The van der Waals surface area contributed by atoms with E-state index in [1.165, 1.54) is 28.1 Å². The van der Waals surface area contributed by atoms with Crippen molar-refractivity contribution in [3.8, 4) is 11.4 Å². The van der Waals surface area contributed by atoms with E-state index in [9.17, 15) is 4.79 Å². The van der Waals surface area contributed by atoms with E-state index in [1.807, 2.05) is 42.1 Å². The Balaban J connectivity index is 1.32. The fourth-order valence-corrected chi connectivity index (χ4v) is 5.79. The van der Waals surface area contributed by atoms with Crippen LogP contribution in [0.5, 0.6) is 5.75 Å². The average molecular weight is 512 g/mol. The van der Waals surface area contributed by atoms with Crippen LogP contribution in [0.2, 0.25) is 0 Å². The number of benzene rings is 4. The zero-order valence-electron chi connectivity index (χ0n) is 19.8. The standard InChI is InChI=1S/C29H25N3O2S2/c1-34-25-16-14-22(15-17-25)27(33)19-36-29-31-30-28(32(29)24-11-3-2-4-12-24)20-35-18-23-10-7-9-21-8-5-6-13-26(21)23/h2-17H,18-20H2,1H3. The lowest BCUT2D eigenvalue weighted by molar-refractivity contribution is 0.102. The van der Waals surface area contributed by atoms with Crippen molar-refractivity contribution in [3.63, 3.8) is 0 Å². The fraction of sp³-hybridized carbons (Fsp3) is 0.138. The predicted octanol–water partition coefficient (Wildman–Crippen LogP) is 6.84. The third-order valence-corrected chi connectivity index (χ3v) is 7.73. The van der Waals surface area contributed by atoms with Gasteiger partial charge in [0.05, 0.1) is 18.6 Å². The maximum atomic E-state index is 12.8. The minimum Gasteiger partial charge on any atom is -0.497 e. The van der Waals surface area contributed by atoms with Crippen LogP contribution in [0.3, 0.4) is 0 Å². The van der Waals surface area contributed by atoms with Crippen LogP contribution in [0.25, 0.3) is 16.5 Å².